The van der Waals surface area contributed by atoms with Crippen LogP contribution in [0.4, 0.5) is 17.3 Å². The summed E-state index contributed by atoms with van der Waals surface area (Å²) in [5, 5.41) is 1.31. The minimum atomic E-state index is -6.00. The second-order valence-corrected chi connectivity index (χ2v) is 3.35. The summed E-state index contributed by atoms with van der Waals surface area (Å²) in [6, 6.07) is 12.7. The van der Waals surface area contributed by atoms with Crippen LogP contribution in [-0.2, 0) is 6.54 Å². The third-order valence-electron chi connectivity index (χ3n) is 2.13. The lowest BCUT2D eigenvalue weighted by atomic mass is 10.2. The molecular formula is C11H12BF4N. The van der Waals surface area contributed by atoms with Crippen molar-refractivity contribution < 1.29 is 21.8 Å². The average molecular weight is 245 g/mol. The number of hydrogen-bond donors (Lipinski definition) is 0. The van der Waals surface area contributed by atoms with Crippen molar-refractivity contribution in [1.29, 1.82) is 0 Å². The van der Waals surface area contributed by atoms with Gasteiger partial charge in [-0.1, -0.05) is 12.1 Å². The zero-order valence-electron chi connectivity index (χ0n) is 9.28. The largest absolute Gasteiger partial charge is 0.673 e. The van der Waals surface area contributed by atoms with Gasteiger partial charge in [-0.15, -0.1) is 0 Å². The number of pyridine rings is 1. The minimum absolute atomic E-state index is 1.03. The van der Waals surface area contributed by atoms with E-state index in [0.717, 1.165) is 6.54 Å². The van der Waals surface area contributed by atoms with Gasteiger partial charge in [-0.05, 0) is 19.1 Å². The SMILES string of the molecule is CC[n+]1cccc2ccccc21.F[B-](F)(F)F. The molecule has 1 nitrogen and oxygen atoms in total. The Kier molecular flexibility index (Phi) is 4.49. The first-order valence-electron chi connectivity index (χ1n) is 5.16. The van der Waals surface area contributed by atoms with Crippen LogP contribution in [0.15, 0.2) is 42.6 Å². The van der Waals surface area contributed by atoms with E-state index in [-0.39, 0.29) is 0 Å². The minimum Gasteiger partial charge on any atom is -0.418 e. The standard InChI is InChI=1S/C11H12N.BF4/c1-2-12-9-5-7-10-6-3-4-8-11(10)12;2-1(3,4)5/h3-9H,2H2,1H3;/q+1;-1. The van der Waals surface area contributed by atoms with E-state index in [4.69, 9.17) is 0 Å². The van der Waals surface area contributed by atoms with E-state index < -0.39 is 7.25 Å². The Bertz CT molecular complexity index is 473. The monoisotopic (exact) mass is 245 g/mol. The van der Waals surface area contributed by atoms with Gasteiger partial charge in [-0.3, -0.25) is 0 Å². The quantitative estimate of drug-likeness (QED) is 0.411. The van der Waals surface area contributed by atoms with Crippen LogP contribution in [0.5, 0.6) is 0 Å². The molecule has 92 valence electrons. The fourth-order valence-electron chi connectivity index (χ4n) is 1.50. The van der Waals surface area contributed by atoms with Crippen molar-refractivity contribution in [3.8, 4) is 0 Å². The molecule has 0 N–H and O–H groups in total. The molecule has 0 bridgehead atoms. The van der Waals surface area contributed by atoms with Gasteiger partial charge in [0.25, 0.3) is 0 Å². The molecule has 0 aliphatic rings. The fourth-order valence-corrected chi connectivity index (χ4v) is 1.50. The molecule has 2 rings (SSSR count). The van der Waals surface area contributed by atoms with Crippen LogP contribution in [0, 0.1) is 0 Å². The van der Waals surface area contributed by atoms with Gasteiger partial charge in [-0.25, -0.2) is 0 Å². The van der Waals surface area contributed by atoms with E-state index in [1.54, 1.807) is 0 Å². The van der Waals surface area contributed by atoms with Crippen molar-refractivity contribution in [1.82, 2.24) is 0 Å². The number of fused-ring (bicyclic) bond motifs is 1. The molecule has 6 heteroatoms. The van der Waals surface area contributed by atoms with Crippen molar-refractivity contribution in [2.75, 3.05) is 0 Å². The summed E-state index contributed by atoms with van der Waals surface area (Å²) in [4.78, 5) is 0. The van der Waals surface area contributed by atoms with Gasteiger partial charge in [0, 0.05) is 17.5 Å². The Hall–Kier alpha value is -1.59. The molecule has 0 fully saturated rings. The molecule has 1 aromatic heterocycles. The van der Waals surface area contributed by atoms with Crippen LogP contribution < -0.4 is 4.57 Å². The van der Waals surface area contributed by atoms with Gasteiger partial charge in [0.2, 0.25) is 5.52 Å². The summed E-state index contributed by atoms with van der Waals surface area (Å²) in [6.45, 7) is 3.19. The van der Waals surface area contributed by atoms with Gasteiger partial charge in [0.15, 0.2) is 6.20 Å². The highest BCUT2D eigenvalue weighted by Gasteiger charge is 2.20. The Labute approximate surface area is 96.8 Å². The molecule has 0 unspecified atom stereocenters. The molecule has 0 radical (unpaired) electrons. The molecule has 0 saturated carbocycles. The summed E-state index contributed by atoms with van der Waals surface area (Å²) in [6.07, 6.45) is 2.11. The van der Waals surface area contributed by atoms with Gasteiger partial charge in [-0.2, -0.15) is 4.57 Å². The third kappa shape index (κ3) is 4.84. The number of halogens is 4. The van der Waals surface area contributed by atoms with Crippen molar-refractivity contribution in [3.05, 3.63) is 42.6 Å². The maximum atomic E-state index is 9.75. The van der Waals surface area contributed by atoms with E-state index in [2.05, 4.69) is 54.1 Å². The molecule has 0 amide bonds. The van der Waals surface area contributed by atoms with Gasteiger partial charge < -0.3 is 17.3 Å². The maximum Gasteiger partial charge on any atom is 0.673 e. The number of nitrogens with zero attached hydrogens (tertiary/aromatic N) is 1. The van der Waals surface area contributed by atoms with Gasteiger partial charge >= 0.3 is 7.25 Å². The maximum absolute atomic E-state index is 9.75. The molecule has 0 saturated heterocycles. The second kappa shape index (κ2) is 5.66. The Morgan fingerprint density at radius 1 is 1.00 bits per heavy atom. The van der Waals surface area contributed by atoms with Crippen LogP contribution in [0.25, 0.3) is 10.9 Å². The Morgan fingerprint density at radius 2 is 1.53 bits per heavy atom. The lowest BCUT2D eigenvalue weighted by Crippen LogP contribution is -2.32. The molecular weight excluding hydrogens is 233 g/mol. The highest BCUT2D eigenvalue weighted by Crippen LogP contribution is 2.07. The first-order valence-corrected chi connectivity index (χ1v) is 5.16. The first-order chi connectivity index (χ1) is 7.92. The molecule has 1 heterocycles. The number of aryl methyl sites for hydroxylation is 1. The van der Waals surface area contributed by atoms with Crippen molar-refractivity contribution in [3.63, 3.8) is 0 Å². The zero-order valence-corrected chi connectivity index (χ0v) is 9.28. The third-order valence-corrected chi connectivity index (χ3v) is 2.13. The Morgan fingerprint density at radius 3 is 2.12 bits per heavy atom. The van der Waals surface area contributed by atoms with Crippen LogP contribution in [-0.4, -0.2) is 7.25 Å². The fraction of sp³-hybridized carbons (Fsp3) is 0.182. The lowest BCUT2D eigenvalue weighted by Gasteiger charge is -1.96. The Balaban J connectivity index is 0.000000249. The number of para-hydroxylation sites is 1. The number of aromatic nitrogens is 1. The topological polar surface area (TPSA) is 3.88 Å². The van der Waals surface area contributed by atoms with Gasteiger partial charge in [0.05, 0.1) is 0 Å². The van der Waals surface area contributed by atoms with Crippen LogP contribution >= 0.6 is 0 Å². The normalized spacial score (nSPS) is 10.9. The highest BCUT2D eigenvalue weighted by molar-refractivity contribution is 6.50. The van der Waals surface area contributed by atoms with E-state index in [0.29, 0.717) is 0 Å². The smallest absolute Gasteiger partial charge is 0.418 e. The van der Waals surface area contributed by atoms with Crippen LogP contribution in [0.3, 0.4) is 0 Å². The van der Waals surface area contributed by atoms with Crippen molar-refractivity contribution in [2.45, 2.75) is 13.5 Å². The summed E-state index contributed by atoms with van der Waals surface area (Å²) >= 11 is 0. The summed E-state index contributed by atoms with van der Waals surface area (Å²) < 4.78 is 41.2. The van der Waals surface area contributed by atoms with Crippen molar-refractivity contribution in [2.24, 2.45) is 0 Å². The first kappa shape index (κ1) is 13.5. The van der Waals surface area contributed by atoms with Crippen molar-refractivity contribution >= 4 is 18.2 Å². The molecule has 17 heavy (non-hydrogen) atoms. The predicted octanol–water partition coefficient (Wildman–Crippen LogP) is 3.45. The average Bonchev–Trinajstić information content (AvgIpc) is 2.26. The second-order valence-electron chi connectivity index (χ2n) is 3.35. The van der Waals surface area contributed by atoms with Crippen LogP contribution in [0.2, 0.25) is 0 Å². The molecule has 0 aliphatic carbocycles. The number of rotatable bonds is 1. The number of hydrogen-bond acceptors (Lipinski definition) is 0. The summed E-state index contributed by atoms with van der Waals surface area (Å²) in [5.41, 5.74) is 1.31. The lowest BCUT2D eigenvalue weighted by molar-refractivity contribution is -0.667. The summed E-state index contributed by atoms with van der Waals surface area (Å²) in [7, 11) is -6.00. The molecule has 2 aromatic rings. The molecule has 0 spiro atoms. The summed E-state index contributed by atoms with van der Waals surface area (Å²) in [5.74, 6) is 0. The van der Waals surface area contributed by atoms with E-state index in [1.165, 1.54) is 10.9 Å². The zero-order chi connectivity index (χ0) is 12.9. The molecule has 1 aromatic carbocycles. The van der Waals surface area contributed by atoms with E-state index in [1.807, 2.05) is 0 Å². The van der Waals surface area contributed by atoms with Crippen LogP contribution in [0.1, 0.15) is 6.92 Å². The van der Waals surface area contributed by atoms with E-state index >= 15 is 0 Å². The highest BCUT2D eigenvalue weighted by atomic mass is 19.5. The predicted molar refractivity (Wildman–Crippen MR) is 60.0 cm³/mol. The number of benzene rings is 1. The molecule has 0 atom stereocenters. The molecule has 0 aliphatic heterocycles. The van der Waals surface area contributed by atoms with E-state index in [9.17, 15) is 17.3 Å². The van der Waals surface area contributed by atoms with Gasteiger partial charge in [0.1, 0.15) is 6.54 Å².